The molecule has 2 atom stereocenters. The number of alkyl halides is 7. The average Bonchev–Trinajstić information content (AvgIpc) is 3.40. The smallest absolute Gasteiger partial charge is 0.417 e. The molecule has 2 aromatic heterocycles. The van der Waals surface area contributed by atoms with E-state index in [4.69, 9.17) is 9.47 Å². The Kier molecular flexibility index (Phi) is 8.62. The van der Waals surface area contributed by atoms with Gasteiger partial charge in [-0.15, -0.1) is 0 Å². The van der Waals surface area contributed by atoms with Crippen LogP contribution in [-0.4, -0.2) is 62.2 Å². The minimum atomic E-state index is -5.05. The zero-order valence-electron chi connectivity index (χ0n) is 25.0. The van der Waals surface area contributed by atoms with Crippen molar-refractivity contribution in [3.8, 4) is 22.8 Å². The number of amides is 1. The Morgan fingerprint density at radius 1 is 1.11 bits per heavy atom. The monoisotopic (exact) mass is 666 g/mol. The first-order valence-corrected chi connectivity index (χ1v) is 13.9. The third-order valence-corrected chi connectivity index (χ3v) is 8.07. The molecule has 4 aromatic rings. The largest absolute Gasteiger partial charge is 0.494 e. The number of fused-ring (bicyclic) bond motifs is 2. The van der Waals surface area contributed by atoms with Crippen LogP contribution in [0.4, 0.5) is 35.1 Å². The summed E-state index contributed by atoms with van der Waals surface area (Å²) >= 11 is 0. The zero-order valence-corrected chi connectivity index (χ0v) is 25.0. The highest BCUT2D eigenvalue weighted by Crippen LogP contribution is 2.48. The summed E-state index contributed by atoms with van der Waals surface area (Å²) in [5.41, 5.74) is -6.32. The van der Waals surface area contributed by atoms with Crippen molar-refractivity contribution in [3.05, 3.63) is 82.9 Å². The van der Waals surface area contributed by atoms with Gasteiger partial charge in [0.25, 0.3) is 5.91 Å². The minimum absolute atomic E-state index is 0.00145. The molecule has 1 aliphatic rings. The van der Waals surface area contributed by atoms with Gasteiger partial charge in [-0.05, 0) is 55.5 Å². The lowest BCUT2D eigenvalue weighted by atomic mass is 9.79. The van der Waals surface area contributed by atoms with Crippen molar-refractivity contribution in [2.75, 3.05) is 34.0 Å². The predicted molar refractivity (Wildman–Crippen MR) is 156 cm³/mol. The molecule has 0 fully saturated rings. The Balaban J connectivity index is 1.59. The van der Waals surface area contributed by atoms with Crippen LogP contribution in [0.2, 0.25) is 0 Å². The summed E-state index contributed by atoms with van der Waals surface area (Å²) in [4.78, 5) is 25.2. The van der Waals surface area contributed by atoms with Crippen LogP contribution in [-0.2, 0) is 17.0 Å². The van der Waals surface area contributed by atoms with E-state index in [1.165, 1.54) is 32.5 Å². The van der Waals surface area contributed by atoms with Crippen molar-refractivity contribution < 1.29 is 49.4 Å². The average molecular weight is 667 g/mol. The van der Waals surface area contributed by atoms with Gasteiger partial charge in [-0.3, -0.25) is 14.8 Å². The van der Waals surface area contributed by atoms with E-state index in [1.807, 2.05) is 0 Å². The van der Waals surface area contributed by atoms with Crippen LogP contribution < -0.4 is 14.8 Å². The third kappa shape index (κ3) is 6.05. The van der Waals surface area contributed by atoms with E-state index in [9.17, 15) is 39.9 Å². The summed E-state index contributed by atoms with van der Waals surface area (Å²) < 4.78 is 124. The molecule has 0 spiro atoms. The zero-order chi connectivity index (χ0) is 34.4. The number of aromatic nitrogens is 2. The van der Waals surface area contributed by atoms with Crippen molar-refractivity contribution in [2.45, 2.75) is 30.1 Å². The molecule has 2 aromatic carbocycles. The lowest BCUT2D eigenvalue weighted by molar-refractivity contribution is -0.184. The van der Waals surface area contributed by atoms with E-state index < -0.39 is 59.4 Å². The Labute approximate surface area is 262 Å². The highest BCUT2D eigenvalue weighted by molar-refractivity contribution is 6.00. The van der Waals surface area contributed by atoms with Crippen LogP contribution in [0.5, 0.6) is 11.5 Å². The lowest BCUT2D eigenvalue weighted by Crippen LogP contribution is -2.49. The number of halogens is 8. The number of hydrogen-bond acceptors (Lipinski definition) is 6. The Morgan fingerprint density at radius 3 is 2.40 bits per heavy atom. The SMILES string of the molecule is CN=C[C@]1(CF)COc2c1cc([C@](C)(CNC(=O)c1cc(OC)c3ncc(C(F)(F)F)cc3c1)C(F)(F)F)nc2-c1ccc(F)cc1. The standard InChI is InChI=1S/C32H26F8N4O3/c1-29(32(38,39)40,14-43-28(45)19-8-18-9-20(31(35,36)37)12-42-25(18)23(10-19)46-3)24-11-22-27(47-16-30(22,13-33)15-41-2)26(44-24)17-4-6-21(34)7-5-17/h4-12,15H,13-14,16H2,1-3H3,(H,43,45)/t29-,30+/m0/s1. The quantitative estimate of drug-likeness (QED) is 0.162. The van der Waals surface area contributed by atoms with Crippen molar-refractivity contribution in [2.24, 2.45) is 4.99 Å². The molecule has 248 valence electrons. The first kappa shape index (κ1) is 33.5. The maximum Gasteiger partial charge on any atom is 0.417 e. The topological polar surface area (TPSA) is 85.7 Å². The van der Waals surface area contributed by atoms with Crippen LogP contribution in [0.25, 0.3) is 22.2 Å². The molecule has 0 saturated heterocycles. The van der Waals surface area contributed by atoms with Gasteiger partial charge < -0.3 is 14.8 Å². The van der Waals surface area contributed by atoms with E-state index >= 15 is 0 Å². The molecule has 0 aliphatic carbocycles. The first-order valence-electron chi connectivity index (χ1n) is 13.9. The summed E-state index contributed by atoms with van der Waals surface area (Å²) in [6.45, 7) is -1.66. The van der Waals surface area contributed by atoms with E-state index in [0.29, 0.717) is 6.20 Å². The van der Waals surface area contributed by atoms with Crippen LogP contribution in [0.15, 0.2) is 59.7 Å². The molecule has 7 nitrogen and oxygen atoms in total. The minimum Gasteiger partial charge on any atom is -0.494 e. The van der Waals surface area contributed by atoms with Gasteiger partial charge in [-0.1, -0.05) is 0 Å². The summed E-state index contributed by atoms with van der Waals surface area (Å²) in [5, 5.41) is 2.09. The normalized spacial score (nSPS) is 17.8. The maximum atomic E-state index is 15.0. The molecule has 15 heteroatoms. The fourth-order valence-electron chi connectivity index (χ4n) is 5.27. The molecular formula is C32H26F8N4O3. The molecule has 1 amide bonds. The van der Waals surface area contributed by atoms with Gasteiger partial charge in [-0.25, -0.2) is 13.8 Å². The van der Waals surface area contributed by atoms with E-state index in [0.717, 1.165) is 43.3 Å². The van der Waals surface area contributed by atoms with E-state index in [-0.39, 0.29) is 51.4 Å². The molecule has 0 saturated carbocycles. The number of pyridine rings is 2. The molecule has 0 bridgehead atoms. The van der Waals surface area contributed by atoms with Crippen LogP contribution in [0.3, 0.4) is 0 Å². The molecule has 0 unspecified atom stereocenters. The van der Waals surface area contributed by atoms with E-state index in [1.54, 1.807) is 0 Å². The molecule has 0 radical (unpaired) electrons. The fourth-order valence-corrected chi connectivity index (χ4v) is 5.27. The van der Waals surface area contributed by atoms with Crippen molar-refractivity contribution in [3.63, 3.8) is 0 Å². The number of hydrogen-bond donors (Lipinski definition) is 1. The molecule has 1 aliphatic heterocycles. The van der Waals surface area contributed by atoms with Crippen molar-refractivity contribution >= 4 is 23.0 Å². The highest BCUT2D eigenvalue weighted by atomic mass is 19.4. The first-order chi connectivity index (χ1) is 22.1. The second-order valence-corrected chi connectivity index (χ2v) is 11.2. The lowest BCUT2D eigenvalue weighted by Gasteiger charge is -2.33. The summed E-state index contributed by atoms with van der Waals surface area (Å²) in [6.07, 6.45) is -7.97. The van der Waals surface area contributed by atoms with Crippen molar-refractivity contribution in [1.29, 1.82) is 0 Å². The number of rotatable bonds is 8. The van der Waals surface area contributed by atoms with Crippen molar-refractivity contribution in [1.82, 2.24) is 15.3 Å². The number of carbonyl (C=O) groups excluding carboxylic acids is 1. The molecule has 3 heterocycles. The fraction of sp³-hybridized carbons (Fsp3) is 0.312. The molecular weight excluding hydrogens is 640 g/mol. The van der Waals surface area contributed by atoms with Crippen LogP contribution in [0, 0.1) is 5.82 Å². The van der Waals surface area contributed by atoms with Gasteiger partial charge in [0.05, 0.1) is 23.8 Å². The van der Waals surface area contributed by atoms with Gasteiger partial charge in [-0.2, -0.15) is 26.3 Å². The third-order valence-electron chi connectivity index (χ3n) is 8.07. The number of nitrogens with zero attached hydrogens (tertiary/aromatic N) is 3. The number of methoxy groups -OCH3 is 1. The molecule has 47 heavy (non-hydrogen) atoms. The summed E-state index contributed by atoms with van der Waals surface area (Å²) in [7, 11) is 2.56. The molecule has 5 rings (SSSR count). The van der Waals surface area contributed by atoms with Gasteiger partial charge in [0.2, 0.25) is 0 Å². The van der Waals surface area contributed by atoms with Gasteiger partial charge in [0.1, 0.15) is 47.2 Å². The summed E-state index contributed by atoms with van der Waals surface area (Å²) in [6, 6.07) is 8.72. The Bertz CT molecular complexity index is 1860. The van der Waals surface area contributed by atoms with Crippen LogP contribution in [0.1, 0.15) is 34.1 Å². The number of benzene rings is 2. The van der Waals surface area contributed by atoms with Crippen LogP contribution >= 0.6 is 0 Å². The molecule has 1 N–H and O–H groups in total. The number of nitrogens with one attached hydrogen (secondary N) is 1. The second kappa shape index (κ2) is 12.1. The second-order valence-electron chi connectivity index (χ2n) is 11.2. The highest BCUT2D eigenvalue weighted by Gasteiger charge is 2.55. The maximum absolute atomic E-state index is 15.0. The Morgan fingerprint density at radius 2 is 1.81 bits per heavy atom. The number of carbonyl (C=O) groups is 1. The van der Waals surface area contributed by atoms with Gasteiger partial charge in [0, 0.05) is 48.1 Å². The van der Waals surface area contributed by atoms with Gasteiger partial charge >= 0.3 is 12.4 Å². The van der Waals surface area contributed by atoms with E-state index in [2.05, 4.69) is 20.3 Å². The van der Waals surface area contributed by atoms with Gasteiger partial charge in [0.15, 0.2) is 0 Å². The Hall–Kier alpha value is -4.82. The number of aliphatic imine (C=N–C) groups is 1. The number of ether oxygens (including phenoxy) is 2. The summed E-state index contributed by atoms with van der Waals surface area (Å²) in [5.74, 6) is -1.75. The predicted octanol–water partition coefficient (Wildman–Crippen LogP) is 7.01.